The fourth-order valence-electron chi connectivity index (χ4n) is 2.22. The maximum absolute atomic E-state index is 5.52. The van der Waals surface area contributed by atoms with Crippen molar-refractivity contribution in [1.29, 1.82) is 0 Å². The van der Waals surface area contributed by atoms with Gasteiger partial charge in [0.15, 0.2) is 0 Å². The van der Waals surface area contributed by atoms with E-state index < -0.39 is 0 Å². The van der Waals surface area contributed by atoms with Gasteiger partial charge in [-0.25, -0.2) is 0 Å². The summed E-state index contributed by atoms with van der Waals surface area (Å²) in [6.45, 7) is 3.51. The summed E-state index contributed by atoms with van der Waals surface area (Å²) in [5, 5.41) is 2.54. The van der Waals surface area contributed by atoms with Crippen molar-refractivity contribution in [2.75, 3.05) is 13.2 Å². The molecule has 3 heteroatoms. The van der Waals surface area contributed by atoms with E-state index in [0.717, 1.165) is 5.46 Å². The van der Waals surface area contributed by atoms with Crippen LogP contribution < -0.4 is 5.46 Å². The van der Waals surface area contributed by atoms with Gasteiger partial charge in [-0.05, 0) is 28.7 Å². The Morgan fingerprint density at radius 3 is 2.62 bits per heavy atom. The van der Waals surface area contributed by atoms with Crippen LogP contribution >= 0.6 is 0 Å². The number of aryl methyl sites for hydroxylation is 1. The fraction of sp³-hybridized carbons (Fsp3) is 0.231. The molecule has 16 heavy (non-hydrogen) atoms. The average Bonchev–Trinajstić information content (AvgIpc) is 2.82. The van der Waals surface area contributed by atoms with Gasteiger partial charge in [0.2, 0.25) is 0 Å². The van der Waals surface area contributed by atoms with Crippen LogP contribution in [0.5, 0.6) is 0 Å². The van der Waals surface area contributed by atoms with Gasteiger partial charge < -0.3 is 9.31 Å². The second kappa shape index (κ2) is 3.93. The third kappa shape index (κ3) is 1.62. The molecule has 1 saturated heterocycles. The van der Waals surface area contributed by atoms with Crippen LogP contribution in [0.3, 0.4) is 0 Å². The van der Waals surface area contributed by atoms with Gasteiger partial charge in [-0.1, -0.05) is 36.4 Å². The maximum atomic E-state index is 5.52. The highest BCUT2D eigenvalue weighted by molar-refractivity contribution is 6.62. The maximum Gasteiger partial charge on any atom is 0.494 e. The van der Waals surface area contributed by atoms with Crippen LogP contribution in [0.4, 0.5) is 0 Å². The summed E-state index contributed by atoms with van der Waals surface area (Å²) in [7, 11) is -0.177. The number of benzene rings is 2. The molecule has 3 rings (SSSR count). The zero-order chi connectivity index (χ0) is 11.0. The summed E-state index contributed by atoms with van der Waals surface area (Å²) in [5.41, 5.74) is 2.39. The summed E-state index contributed by atoms with van der Waals surface area (Å²) >= 11 is 0. The van der Waals surface area contributed by atoms with Gasteiger partial charge in [-0.15, -0.1) is 0 Å². The van der Waals surface area contributed by atoms with Crippen LogP contribution in [0.2, 0.25) is 0 Å². The highest BCUT2D eigenvalue weighted by Crippen LogP contribution is 2.17. The van der Waals surface area contributed by atoms with E-state index in [1.807, 2.05) is 0 Å². The zero-order valence-corrected chi connectivity index (χ0v) is 9.27. The highest BCUT2D eigenvalue weighted by atomic mass is 16.6. The molecule has 0 aromatic heterocycles. The lowest BCUT2D eigenvalue weighted by atomic mass is 9.77. The molecule has 1 aliphatic heterocycles. The van der Waals surface area contributed by atoms with Gasteiger partial charge in [-0.2, -0.15) is 0 Å². The molecule has 0 unspecified atom stereocenters. The van der Waals surface area contributed by atoms with Gasteiger partial charge in [0, 0.05) is 0 Å². The summed E-state index contributed by atoms with van der Waals surface area (Å²) < 4.78 is 11.0. The Bertz CT molecular complexity index is 518. The van der Waals surface area contributed by atoms with Gasteiger partial charge in [0.1, 0.15) is 0 Å². The molecule has 80 valence electrons. The molecule has 1 fully saturated rings. The van der Waals surface area contributed by atoms with E-state index in [9.17, 15) is 0 Å². The number of rotatable bonds is 1. The Morgan fingerprint density at radius 2 is 1.81 bits per heavy atom. The molecule has 1 heterocycles. The molecule has 0 spiro atoms. The first kappa shape index (κ1) is 9.88. The van der Waals surface area contributed by atoms with Crippen LogP contribution in [0.15, 0.2) is 36.4 Å². The first-order chi connectivity index (χ1) is 7.84. The van der Waals surface area contributed by atoms with Crippen LogP contribution in [0.1, 0.15) is 5.56 Å². The van der Waals surface area contributed by atoms with Crippen molar-refractivity contribution in [3.8, 4) is 0 Å². The van der Waals surface area contributed by atoms with Crippen molar-refractivity contribution in [3.05, 3.63) is 42.0 Å². The highest BCUT2D eigenvalue weighted by Gasteiger charge is 2.26. The zero-order valence-electron chi connectivity index (χ0n) is 9.27. The summed E-state index contributed by atoms with van der Waals surface area (Å²) in [4.78, 5) is 0. The SMILES string of the molecule is Cc1cc(B2OCCO2)cc2ccccc12. The van der Waals surface area contributed by atoms with E-state index in [1.54, 1.807) is 0 Å². The van der Waals surface area contributed by atoms with Gasteiger partial charge >= 0.3 is 7.12 Å². The number of fused-ring (bicyclic) bond motifs is 1. The lowest BCUT2D eigenvalue weighted by Gasteiger charge is -2.08. The monoisotopic (exact) mass is 212 g/mol. The van der Waals surface area contributed by atoms with Crippen LogP contribution in [-0.2, 0) is 9.31 Å². The lowest BCUT2D eigenvalue weighted by Crippen LogP contribution is -2.31. The topological polar surface area (TPSA) is 18.5 Å². The molecule has 2 aromatic carbocycles. The standard InChI is InChI=1S/C13H13BO2/c1-10-8-12(14-15-6-7-16-14)9-11-4-2-3-5-13(10)11/h2-5,8-9H,6-7H2,1H3. The molecule has 0 radical (unpaired) electrons. The van der Waals surface area contributed by atoms with Crippen molar-refractivity contribution < 1.29 is 9.31 Å². The van der Waals surface area contributed by atoms with E-state index in [0.29, 0.717) is 13.2 Å². The summed E-state index contributed by atoms with van der Waals surface area (Å²) in [6, 6.07) is 12.7. The predicted octanol–water partition coefficient (Wildman–Crippen LogP) is 1.89. The quantitative estimate of drug-likeness (QED) is 0.672. The Kier molecular flexibility index (Phi) is 2.42. The minimum Gasteiger partial charge on any atom is -0.405 e. The third-order valence-corrected chi connectivity index (χ3v) is 2.98. The Hall–Kier alpha value is -1.32. The normalized spacial score (nSPS) is 15.9. The first-order valence-corrected chi connectivity index (χ1v) is 5.57. The third-order valence-electron chi connectivity index (χ3n) is 2.98. The largest absolute Gasteiger partial charge is 0.494 e. The van der Waals surface area contributed by atoms with Crippen LogP contribution in [0, 0.1) is 6.92 Å². The molecule has 0 aliphatic carbocycles. The van der Waals surface area contributed by atoms with Crippen LogP contribution in [-0.4, -0.2) is 20.3 Å². The fourth-order valence-corrected chi connectivity index (χ4v) is 2.22. The van der Waals surface area contributed by atoms with Gasteiger partial charge in [0.05, 0.1) is 13.2 Å². The van der Waals surface area contributed by atoms with Gasteiger partial charge in [0.25, 0.3) is 0 Å². The summed E-state index contributed by atoms with van der Waals surface area (Å²) in [5.74, 6) is 0. The van der Waals surface area contributed by atoms with Crippen molar-refractivity contribution in [2.45, 2.75) is 6.92 Å². The Morgan fingerprint density at radius 1 is 1.06 bits per heavy atom. The summed E-state index contributed by atoms with van der Waals surface area (Å²) in [6.07, 6.45) is 0. The average molecular weight is 212 g/mol. The predicted molar refractivity (Wildman–Crippen MR) is 66.0 cm³/mol. The van der Waals surface area contributed by atoms with Crippen molar-refractivity contribution in [1.82, 2.24) is 0 Å². The van der Waals surface area contributed by atoms with Crippen molar-refractivity contribution in [2.24, 2.45) is 0 Å². The minimum absolute atomic E-state index is 0.177. The molecule has 2 aromatic rings. The number of hydrogen-bond donors (Lipinski definition) is 0. The van der Waals surface area contributed by atoms with E-state index in [2.05, 4.69) is 43.3 Å². The molecule has 0 N–H and O–H groups in total. The van der Waals surface area contributed by atoms with E-state index in [4.69, 9.17) is 9.31 Å². The first-order valence-electron chi connectivity index (χ1n) is 5.57. The molecule has 0 atom stereocenters. The molecule has 0 bridgehead atoms. The molecular weight excluding hydrogens is 199 g/mol. The second-order valence-corrected chi connectivity index (χ2v) is 4.13. The van der Waals surface area contributed by atoms with E-state index in [-0.39, 0.29) is 7.12 Å². The van der Waals surface area contributed by atoms with E-state index in [1.165, 1.54) is 16.3 Å². The lowest BCUT2D eigenvalue weighted by molar-refractivity contribution is 0.365. The van der Waals surface area contributed by atoms with Gasteiger partial charge in [-0.3, -0.25) is 0 Å². The van der Waals surface area contributed by atoms with Crippen molar-refractivity contribution in [3.63, 3.8) is 0 Å². The van der Waals surface area contributed by atoms with Crippen LogP contribution in [0.25, 0.3) is 10.8 Å². The smallest absolute Gasteiger partial charge is 0.405 e. The molecule has 1 aliphatic rings. The Labute approximate surface area is 95.3 Å². The van der Waals surface area contributed by atoms with E-state index >= 15 is 0 Å². The molecule has 0 amide bonds. The second-order valence-electron chi connectivity index (χ2n) is 4.13. The number of hydrogen-bond acceptors (Lipinski definition) is 2. The Balaban J connectivity index is 2.13. The van der Waals surface area contributed by atoms with Crippen molar-refractivity contribution >= 4 is 23.4 Å². The minimum atomic E-state index is -0.177. The molecular formula is C13H13BO2. The molecule has 0 saturated carbocycles. The molecule has 2 nitrogen and oxygen atoms in total.